The van der Waals surface area contributed by atoms with Crippen molar-refractivity contribution in [3.63, 3.8) is 0 Å². The van der Waals surface area contributed by atoms with Crippen molar-refractivity contribution in [1.82, 2.24) is 4.98 Å². The van der Waals surface area contributed by atoms with Crippen LogP contribution in [0.5, 0.6) is 0 Å². The van der Waals surface area contributed by atoms with E-state index in [2.05, 4.69) is 10.3 Å². The minimum Gasteiger partial charge on any atom is -0.373 e. The molecule has 0 amide bonds. The van der Waals surface area contributed by atoms with Gasteiger partial charge in [0.15, 0.2) is 0 Å². The van der Waals surface area contributed by atoms with Crippen molar-refractivity contribution < 1.29 is 0 Å². The van der Waals surface area contributed by atoms with E-state index in [1.807, 2.05) is 19.2 Å². The molecule has 0 aromatic carbocycles. The molecule has 0 saturated carbocycles. The number of nitrogens with one attached hydrogen (secondary N) is 1. The molecule has 3 nitrogen and oxygen atoms in total. The maximum absolute atomic E-state index is 5.38. The van der Waals surface area contributed by atoms with E-state index >= 15 is 0 Å². The lowest BCUT2D eigenvalue weighted by Gasteiger charge is -1.98. The molecule has 1 rings (SSSR count). The molecular formula is C7H11N3. The minimum atomic E-state index is 0.553. The molecule has 1 aromatic rings. The predicted molar refractivity (Wildman–Crippen MR) is 41.7 cm³/mol. The van der Waals surface area contributed by atoms with E-state index in [0.717, 1.165) is 11.4 Å². The first kappa shape index (κ1) is 7.02. The average molecular weight is 137 g/mol. The standard InChI is InChI=1S/C7H11N3/c1-9-7-3-2-6(4-8)5-10-7/h2-3,5H,4,8H2,1H3,(H,9,10). The van der Waals surface area contributed by atoms with Gasteiger partial charge in [0.1, 0.15) is 5.82 Å². The van der Waals surface area contributed by atoms with Crippen LogP contribution in [-0.2, 0) is 6.54 Å². The van der Waals surface area contributed by atoms with Crippen LogP contribution in [0.15, 0.2) is 18.3 Å². The van der Waals surface area contributed by atoms with Crippen molar-refractivity contribution in [3.05, 3.63) is 23.9 Å². The first-order valence-electron chi connectivity index (χ1n) is 3.19. The molecule has 0 unspecified atom stereocenters. The van der Waals surface area contributed by atoms with Crippen LogP contribution in [-0.4, -0.2) is 12.0 Å². The smallest absolute Gasteiger partial charge is 0.125 e. The highest BCUT2D eigenvalue weighted by Gasteiger charge is 1.89. The first-order chi connectivity index (χ1) is 4.86. The normalized spacial score (nSPS) is 9.40. The second-order valence-corrected chi connectivity index (χ2v) is 2.01. The van der Waals surface area contributed by atoms with Gasteiger partial charge in [-0.1, -0.05) is 6.07 Å². The molecule has 3 N–H and O–H groups in total. The van der Waals surface area contributed by atoms with E-state index in [-0.39, 0.29) is 0 Å². The SMILES string of the molecule is CNc1ccc(CN)cn1. The molecule has 10 heavy (non-hydrogen) atoms. The van der Waals surface area contributed by atoms with Crippen LogP contribution in [0.2, 0.25) is 0 Å². The zero-order valence-corrected chi connectivity index (χ0v) is 5.96. The van der Waals surface area contributed by atoms with Crippen molar-refractivity contribution in [3.8, 4) is 0 Å². The van der Waals surface area contributed by atoms with Gasteiger partial charge in [0, 0.05) is 19.8 Å². The van der Waals surface area contributed by atoms with Gasteiger partial charge < -0.3 is 11.1 Å². The summed E-state index contributed by atoms with van der Waals surface area (Å²) in [4.78, 5) is 4.08. The summed E-state index contributed by atoms with van der Waals surface area (Å²) in [7, 11) is 1.84. The number of aromatic nitrogens is 1. The van der Waals surface area contributed by atoms with Crippen LogP contribution in [0.3, 0.4) is 0 Å². The zero-order chi connectivity index (χ0) is 7.40. The van der Waals surface area contributed by atoms with E-state index < -0.39 is 0 Å². The van der Waals surface area contributed by atoms with Crippen molar-refractivity contribution in [1.29, 1.82) is 0 Å². The van der Waals surface area contributed by atoms with Crippen molar-refractivity contribution in [2.24, 2.45) is 5.73 Å². The lowest BCUT2D eigenvalue weighted by molar-refractivity contribution is 1.05. The lowest BCUT2D eigenvalue weighted by Crippen LogP contribution is -1.98. The maximum Gasteiger partial charge on any atom is 0.125 e. The van der Waals surface area contributed by atoms with Crippen LogP contribution in [0.25, 0.3) is 0 Å². The number of pyridine rings is 1. The summed E-state index contributed by atoms with van der Waals surface area (Å²) in [6.07, 6.45) is 1.77. The monoisotopic (exact) mass is 137 g/mol. The van der Waals surface area contributed by atoms with E-state index in [1.165, 1.54) is 0 Å². The Morgan fingerprint density at radius 3 is 2.80 bits per heavy atom. The highest BCUT2D eigenvalue weighted by molar-refractivity contribution is 5.34. The molecule has 0 spiro atoms. The van der Waals surface area contributed by atoms with Crippen molar-refractivity contribution in [2.75, 3.05) is 12.4 Å². The van der Waals surface area contributed by atoms with Gasteiger partial charge in [0.2, 0.25) is 0 Å². The summed E-state index contributed by atoms with van der Waals surface area (Å²) in [5.41, 5.74) is 6.44. The topological polar surface area (TPSA) is 50.9 Å². The Labute approximate surface area is 60.3 Å². The van der Waals surface area contributed by atoms with Gasteiger partial charge in [-0.3, -0.25) is 0 Å². The molecule has 1 aromatic heterocycles. The van der Waals surface area contributed by atoms with Gasteiger partial charge in [0.25, 0.3) is 0 Å². The van der Waals surface area contributed by atoms with Gasteiger partial charge in [-0.25, -0.2) is 4.98 Å². The molecular weight excluding hydrogens is 126 g/mol. The van der Waals surface area contributed by atoms with Crippen molar-refractivity contribution >= 4 is 5.82 Å². The Balaban J connectivity index is 2.80. The third-order valence-electron chi connectivity index (χ3n) is 1.32. The van der Waals surface area contributed by atoms with Gasteiger partial charge in [0.05, 0.1) is 0 Å². The second kappa shape index (κ2) is 3.17. The molecule has 0 saturated heterocycles. The first-order valence-corrected chi connectivity index (χ1v) is 3.19. The summed E-state index contributed by atoms with van der Waals surface area (Å²) < 4.78 is 0. The Kier molecular flexibility index (Phi) is 2.23. The molecule has 54 valence electrons. The van der Waals surface area contributed by atoms with Crippen LogP contribution < -0.4 is 11.1 Å². The van der Waals surface area contributed by atoms with Gasteiger partial charge in [-0.15, -0.1) is 0 Å². The largest absolute Gasteiger partial charge is 0.373 e. The molecule has 0 aliphatic carbocycles. The zero-order valence-electron chi connectivity index (χ0n) is 5.96. The molecule has 0 aliphatic heterocycles. The van der Waals surface area contributed by atoms with Gasteiger partial charge >= 0.3 is 0 Å². The van der Waals surface area contributed by atoms with Crippen molar-refractivity contribution in [2.45, 2.75) is 6.54 Å². The summed E-state index contributed by atoms with van der Waals surface area (Å²) >= 11 is 0. The Morgan fingerprint density at radius 1 is 1.60 bits per heavy atom. The highest BCUT2D eigenvalue weighted by Crippen LogP contribution is 2.02. The highest BCUT2D eigenvalue weighted by atomic mass is 14.9. The fourth-order valence-corrected chi connectivity index (χ4v) is 0.693. The van der Waals surface area contributed by atoms with Crippen LogP contribution in [0.1, 0.15) is 5.56 Å². The number of rotatable bonds is 2. The number of nitrogens with zero attached hydrogens (tertiary/aromatic N) is 1. The number of hydrogen-bond acceptors (Lipinski definition) is 3. The van der Waals surface area contributed by atoms with Crippen LogP contribution in [0.4, 0.5) is 5.82 Å². The van der Waals surface area contributed by atoms with Gasteiger partial charge in [-0.05, 0) is 11.6 Å². The number of anilines is 1. The summed E-state index contributed by atoms with van der Waals surface area (Å²) in [5.74, 6) is 0.872. The third-order valence-corrected chi connectivity index (χ3v) is 1.32. The van der Waals surface area contributed by atoms with E-state index in [0.29, 0.717) is 6.54 Å². The Bertz CT molecular complexity index is 170. The van der Waals surface area contributed by atoms with E-state index in [4.69, 9.17) is 5.73 Å². The molecule has 3 heteroatoms. The maximum atomic E-state index is 5.38. The average Bonchev–Trinajstić information content (AvgIpc) is 2.05. The minimum absolute atomic E-state index is 0.553. The van der Waals surface area contributed by atoms with Gasteiger partial charge in [-0.2, -0.15) is 0 Å². The van der Waals surface area contributed by atoms with Crippen LogP contribution >= 0.6 is 0 Å². The second-order valence-electron chi connectivity index (χ2n) is 2.01. The van der Waals surface area contributed by atoms with E-state index in [1.54, 1.807) is 6.20 Å². The lowest BCUT2D eigenvalue weighted by atomic mass is 10.3. The number of hydrogen-bond donors (Lipinski definition) is 2. The fourth-order valence-electron chi connectivity index (χ4n) is 0.693. The third kappa shape index (κ3) is 1.45. The van der Waals surface area contributed by atoms with E-state index in [9.17, 15) is 0 Å². The predicted octanol–water partition coefficient (Wildman–Crippen LogP) is 0.582. The molecule has 0 bridgehead atoms. The molecule has 0 aliphatic rings. The summed E-state index contributed by atoms with van der Waals surface area (Å²) in [6.45, 7) is 0.553. The Morgan fingerprint density at radius 2 is 2.40 bits per heavy atom. The molecule has 0 fully saturated rings. The Hall–Kier alpha value is -1.09. The summed E-state index contributed by atoms with van der Waals surface area (Å²) in [5, 5.41) is 2.93. The molecule has 0 radical (unpaired) electrons. The van der Waals surface area contributed by atoms with Crippen LogP contribution in [0, 0.1) is 0 Å². The number of nitrogens with two attached hydrogens (primary N) is 1. The quantitative estimate of drug-likeness (QED) is 0.627. The molecule has 1 heterocycles. The molecule has 0 atom stereocenters. The fraction of sp³-hybridized carbons (Fsp3) is 0.286. The summed E-state index contributed by atoms with van der Waals surface area (Å²) in [6, 6.07) is 3.86.